The molecule has 0 bridgehead atoms. The van der Waals surface area contributed by atoms with Crippen molar-refractivity contribution in [2.45, 2.75) is 46.7 Å². The Kier molecular flexibility index (Phi) is 10.6. The van der Waals surface area contributed by atoms with Crippen LogP contribution in [-0.4, -0.2) is 40.5 Å². The van der Waals surface area contributed by atoms with Crippen molar-refractivity contribution in [2.75, 3.05) is 13.2 Å². The highest BCUT2D eigenvalue weighted by molar-refractivity contribution is 6.02. The number of rotatable bonds is 9. The van der Waals surface area contributed by atoms with Crippen molar-refractivity contribution in [2.24, 2.45) is 15.4 Å². The monoisotopic (exact) mass is 516 g/mol. The molecule has 0 saturated heterocycles. The second kappa shape index (κ2) is 14.3. The Labute approximate surface area is 221 Å². The Morgan fingerprint density at radius 1 is 0.974 bits per heavy atom. The molecule has 0 aliphatic carbocycles. The van der Waals surface area contributed by atoms with Crippen LogP contribution in [0.2, 0.25) is 0 Å². The van der Waals surface area contributed by atoms with Crippen LogP contribution in [0.5, 0.6) is 0 Å². The molecule has 0 fully saturated rings. The van der Waals surface area contributed by atoms with Crippen LogP contribution in [0, 0.1) is 13.8 Å². The number of benzene rings is 2. The maximum atomic E-state index is 11.7. The van der Waals surface area contributed by atoms with Gasteiger partial charge in [0.2, 0.25) is 5.91 Å². The normalized spacial score (nSPS) is 11.8. The van der Waals surface area contributed by atoms with E-state index in [4.69, 9.17) is 4.74 Å². The molecule has 1 aliphatic rings. The first-order valence-electron chi connectivity index (χ1n) is 12.3. The van der Waals surface area contributed by atoms with Crippen LogP contribution in [0.25, 0.3) is 0 Å². The number of esters is 1. The summed E-state index contributed by atoms with van der Waals surface area (Å²) in [5, 5.41) is 18.0. The third-order valence-corrected chi connectivity index (χ3v) is 5.45. The van der Waals surface area contributed by atoms with Crippen molar-refractivity contribution < 1.29 is 14.3 Å². The van der Waals surface area contributed by atoms with Crippen LogP contribution < -0.4 is 10.9 Å². The minimum absolute atomic E-state index is 0.0448. The van der Waals surface area contributed by atoms with Crippen molar-refractivity contribution in [3.63, 3.8) is 0 Å². The summed E-state index contributed by atoms with van der Waals surface area (Å²) in [6.45, 7) is 7.40. The summed E-state index contributed by atoms with van der Waals surface area (Å²) in [5.74, 6) is -0.294. The molecular formula is C28H32N6O4. The van der Waals surface area contributed by atoms with Crippen LogP contribution >= 0.6 is 0 Å². The Morgan fingerprint density at radius 3 is 2.45 bits per heavy atom. The van der Waals surface area contributed by atoms with Gasteiger partial charge in [-0.2, -0.15) is 10.2 Å². The van der Waals surface area contributed by atoms with E-state index in [9.17, 15) is 14.4 Å². The van der Waals surface area contributed by atoms with Crippen molar-refractivity contribution in [1.29, 1.82) is 0 Å². The lowest BCUT2D eigenvalue weighted by Gasteiger charge is -2.07. The molecule has 1 amide bonds. The van der Waals surface area contributed by atoms with E-state index in [2.05, 4.69) is 25.9 Å². The van der Waals surface area contributed by atoms with Gasteiger partial charge < -0.3 is 10.1 Å². The van der Waals surface area contributed by atoms with E-state index in [-0.39, 0.29) is 30.3 Å². The summed E-state index contributed by atoms with van der Waals surface area (Å²) in [4.78, 5) is 34.8. The van der Waals surface area contributed by atoms with E-state index < -0.39 is 0 Å². The quantitative estimate of drug-likeness (QED) is 0.435. The lowest BCUT2D eigenvalue weighted by molar-refractivity contribution is -0.142. The number of hydrogen-bond donors (Lipinski definition) is 1. The molecule has 4 rings (SSSR count). The zero-order chi connectivity index (χ0) is 27.3. The summed E-state index contributed by atoms with van der Waals surface area (Å²) < 4.78 is 6.35. The van der Waals surface area contributed by atoms with Crippen LogP contribution in [-0.2, 0) is 33.8 Å². The lowest BCUT2D eigenvalue weighted by atomic mass is 10.1. The smallest absolute Gasteiger partial charge is 0.310 e. The SMILES string of the molecule is CCOC(=O)Cc1cccc(Cn2nc(C)ccc2=O)c1.Cc1ccc(CNC(=O)CC2=NN=NC2)cc1. The largest absolute Gasteiger partial charge is 0.466 e. The number of aromatic nitrogens is 2. The summed E-state index contributed by atoms with van der Waals surface area (Å²) in [6, 6.07) is 18.8. The Morgan fingerprint density at radius 2 is 1.74 bits per heavy atom. The third-order valence-electron chi connectivity index (χ3n) is 5.45. The first kappa shape index (κ1) is 28.1. The fraction of sp³-hybridized carbons (Fsp3) is 0.321. The molecule has 10 nitrogen and oxygen atoms in total. The molecule has 2 heterocycles. The van der Waals surface area contributed by atoms with Crippen LogP contribution in [0.15, 0.2) is 80.9 Å². The standard InChI is InChI=1S/C16H18N2O3.C12H14N4O/c1-3-21-16(20)10-13-5-4-6-14(9-13)11-18-15(19)8-7-12(2)17-18;1-9-2-4-10(5-3-9)7-13-12(17)6-11-8-14-16-15-11/h4-9H,3,10-11H2,1-2H3;2-5H,6-8H2,1H3,(H,13,17). The van der Waals surface area contributed by atoms with Gasteiger partial charge in [0.1, 0.15) is 6.54 Å². The van der Waals surface area contributed by atoms with Gasteiger partial charge in [-0.15, -0.1) is 5.10 Å². The summed E-state index contributed by atoms with van der Waals surface area (Å²) >= 11 is 0. The van der Waals surface area contributed by atoms with Crippen molar-refractivity contribution in [1.82, 2.24) is 15.1 Å². The average Bonchev–Trinajstić information content (AvgIpc) is 3.40. The van der Waals surface area contributed by atoms with Gasteiger partial charge in [-0.25, -0.2) is 4.68 Å². The summed E-state index contributed by atoms with van der Waals surface area (Å²) in [7, 11) is 0. The first-order valence-corrected chi connectivity index (χ1v) is 12.3. The molecule has 10 heteroatoms. The number of nitrogens with zero attached hydrogens (tertiary/aromatic N) is 5. The van der Waals surface area contributed by atoms with Gasteiger partial charge in [-0.3, -0.25) is 14.4 Å². The second-order valence-corrected chi connectivity index (χ2v) is 8.77. The molecular weight excluding hydrogens is 484 g/mol. The molecule has 0 saturated carbocycles. The highest BCUT2D eigenvalue weighted by Crippen LogP contribution is 2.08. The van der Waals surface area contributed by atoms with E-state index >= 15 is 0 Å². The van der Waals surface area contributed by atoms with Gasteiger partial charge in [0, 0.05) is 12.6 Å². The highest BCUT2D eigenvalue weighted by atomic mass is 16.5. The number of amides is 1. The molecule has 0 spiro atoms. The Hall–Kier alpha value is -4.47. The molecule has 1 N–H and O–H groups in total. The van der Waals surface area contributed by atoms with Gasteiger partial charge in [0.25, 0.3) is 5.56 Å². The summed E-state index contributed by atoms with van der Waals surface area (Å²) in [6.07, 6.45) is 0.511. The zero-order valence-corrected chi connectivity index (χ0v) is 21.9. The van der Waals surface area contributed by atoms with Crippen molar-refractivity contribution in [3.8, 4) is 0 Å². The van der Waals surface area contributed by atoms with E-state index in [0.29, 0.717) is 32.0 Å². The van der Waals surface area contributed by atoms with Gasteiger partial charge in [0.05, 0.1) is 37.4 Å². The predicted molar refractivity (Wildman–Crippen MR) is 144 cm³/mol. The maximum Gasteiger partial charge on any atom is 0.310 e. The lowest BCUT2D eigenvalue weighted by Crippen LogP contribution is -2.25. The van der Waals surface area contributed by atoms with Gasteiger partial charge in [0.15, 0.2) is 0 Å². The zero-order valence-electron chi connectivity index (χ0n) is 21.9. The van der Waals surface area contributed by atoms with Gasteiger partial charge >= 0.3 is 5.97 Å². The number of nitrogens with one attached hydrogen (secondary N) is 1. The number of carbonyl (C=O) groups is 2. The van der Waals surface area contributed by atoms with Crippen molar-refractivity contribution in [3.05, 3.63) is 99.0 Å². The molecule has 3 aromatic rings. The van der Waals surface area contributed by atoms with Crippen LogP contribution in [0.1, 0.15) is 41.3 Å². The first-order chi connectivity index (χ1) is 18.3. The molecule has 0 atom stereocenters. The second-order valence-electron chi connectivity index (χ2n) is 8.77. The number of carbonyl (C=O) groups excluding carboxylic acids is 2. The van der Waals surface area contributed by atoms with E-state index in [0.717, 1.165) is 22.4 Å². The van der Waals surface area contributed by atoms with E-state index in [1.807, 2.05) is 62.4 Å². The fourth-order valence-corrected chi connectivity index (χ4v) is 3.54. The molecule has 0 unspecified atom stereocenters. The molecule has 2 aromatic carbocycles. The number of ether oxygens (including phenoxy) is 1. The molecule has 1 aliphatic heterocycles. The molecule has 1 aromatic heterocycles. The number of aryl methyl sites for hydroxylation is 2. The predicted octanol–water partition coefficient (Wildman–Crippen LogP) is 3.53. The van der Waals surface area contributed by atoms with Gasteiger partial charge in [-0.1, -0.05) is 54.1 Å². The Balaban J connectivity index is 0.000000215. The van der Waals surface area contributed by atoms with Crippen LogP contribution in [0.4, 0.5) is 0 Å². The third kappa shape index (κ3) is 9.53. The molecule has 0 radical (unpaired) electrons. The minimum Gasteiger partial charge on any atom is -0.466 e. The molecule has 38 heavy (non-hydrogen) atoms. The van der Waals surface area contributed by atoms with E-state index in [1.54, 1.807) is 13.0 Å². The van der Waals surface area contributed by atoms with E-state index in [1.165, 1.54) is 16.3 Å². The maximum absolute atomic E-state index is 11.7. The average molecular weight is 517 g/mol. The van der Waals surface area contributed by atoms with Gasteiger partial charge in [-0.05, 0) is 48.8 Å². The summed E-state index contributed by atoms with van der Waals surface area (Å²) in [5.41, 5.74) is 5.46. The topological polar surface area (TPSA) is 127 Å². The fourth-order valence-electron chi connectivity index (χ4n) is 3.54. The highest BCUT2D eigenvalue weighted by Gasteiger charge is 2.10. The minimum atomic E-state index is -0.250. The van der Waals surface area contributed by atoms with Crippen LogP contribution in [0.3, 0.4) is 0 Å². The molecule has 198 valence electrons. The number of hydrogen-bond acceptors (Lipinski definition) is 8. The Bertz CT molecular complexity index is 1360. The van der Waals surface area contributed by atoms with Crippen molar-refractivity contribution >= 4 is 17.6 Å².